The maximum atomic E-state index is 7.89. The zero-order valence-electron chi connectivity index (χ0n) is 69.5. The van der Waals surface area contributed by atoms with Gasteiger partial charge in [-0.2, -0.15) is 0 Å². The van der Waals surface area contributed by atoms with Crippen molar-refractivity contribution in [3.63, 3.8) is 0 Å². The first-order valence-electron chi connectivity index (χ1n) is 42.8. The first kappa shape index (κ1) is 75.3. The number of nitrogens with zero attached hydrogens (tertiary/aromatic N) is 2. The van der Waals surface area contributed by atoms with Crippen LogP contribution in [0.5, 0.6) is 11.5 Å². The zero-order chi connectivity index (χ0) is 82.3. The molecule has 21 rings (SSSR count). The Morgan fingerprint density at radius 2 is 0.590 bits per heavy atom. The van der Waals surface area contributed by atoms with E-state index in [0.29, 0.717) is 0 Å². The van der Waals surface area contributed by atoms with Crippen molar-refractivity contribution >= 4 is 120 Å². The number of hydrogen-bond acceptors (Lipinski definition) is 2. The van der Waals surface area contributed by atoms with E-state index in [9.17, 15) is 0 Å². The van der Waals surface area contributed by atoms with Crippen molar-refractivity contribution in [2.24, 2.45) is 0 Å². The van der Waals surface area contributed by atoms with Gasteiger partial charge in [0, 0.05) is 39.5 Å². The lowest BCUT2D eigenvalue weighted by Gasteiger charge is -2.41. The van der Waals surface area contributed by atoms with Crippen molar-refractivity contribution in [3.05, 3.63) is 454 Å². The maximum Gasteiger partial charge on any atom is 0.256 e. The molecule has 19 aromatic rings. The molecule has 2 aliphatic rings. The minimum atomic E-state index is -3.06. The van der Waals surface area contributed by atoms with Gasteiger partial charge in [0.25, 0.3) is 6.71 Å². The van der Waals surface area contributed by atoms with Gasteiger partial charge in [0.15, 0.2) is 16.1 Å². The number of fused-ring (bicyclic) bond motifs is 7. The lowest BCUT2D eigenvalue weighted by molar-refractivity contribution is 0.487. The first-order valence-corrected chi connectivity index (χ1v) is 46.8. The molecule has 3 heterocycles. The summed E-state index contributed by atoms with van der Waals surface area (Å²) in [5, 5.41) is 13.1. The largest absolute Gasteiger partial charge is 0.458 e. The minimum absolute atomic E-state index is 0.0503. The molecule has 0 aliphatic carbocycles. The first-order chi connectivity index (χ1) is 59.7. The fourth-order valence-electron chi connectivity index (χ4n) is 19.8. The Kier molecular flexibility index (Phi) is 18.9. The van der Waals surface area contributed by atoms with E-state index < -0.39 is 16.1 Å². The summed E-state index contributed by atoms with van der Waals surface area (Å²) >= 11 is 0. The van der Waals surface area contributed by atoms with Gasteiger partial charge in [0.2, 0.25) is 0 Å². The molecule has 0 atom stereocenters. The van der Waals surface area contributed by atoms with Crippen LogP contribution < -0.4 is 67.5 Å². The Labute approximate surface area is 718 Å². The Morgan fingerprint density at radius 3 is 1.04 bits per heavy atom. The molecule has 0 radical (unpaired) electrons. The van der Waals surface area contributed by atoms with Crippen LogP contribution >= 0.6 is 0 Å². The van der Waals surface area contributed by atoms with Crippen LogP contribution in [0.2, 0.25) is 0 Å². The number of rotatable bonds is 16. The summed E-state index contributed by atoms with van der Waals surface area (Å²) in [5.41, 5.74) is 26.3. The molecule has 0 saturated heterocycles. The Hall–Kier alpha value is -14.1. The molecule has 582 valence electrons. The van der Waals surface area contributed by atoms with E-state index in [-0.39, 0.29) is 17.5 Å². The second-order valence-corrected chi connectivity index (χ2v) is 42.7. The third kappa shape index (κ3) is 13.0. The van der Waals surface area contributed by atoms with Crippen molar-refractivity contribution in [1.29, 1.82) is 0 Å². The minimum Gasteiger partial charge on any atom is -0.458 e. The van der Waals surface area contributed by atoms with Gasteiger partial charge >= 0.3 is 0 Å². The summed E-state index contributed by atoms with van der Waals surface area (Å²) < 4.78 is 10.4. The Bertz CT molecular complexity index is 6980. The van der Waals surface area contributed by atoms with Gasteiger partial charge in [-0.05, 0) is 202 Å². The second kappa shape index (κ2) is 30.6. The highest BCUT2D eigenvalue weighted by atomic mass is 28.3. The molecule has 6 heteroatoms. The topological polar surface area (TPSA) is 17.4 Å². The summed E-state index contributed by atoms with van der Waals surface area (Å²) in [7, 11) is -6.07. The summed E-state index contributed by atoms with van der Waals surface area (Å²) in [6.45, 7) is 13.7. The molecular weight excluding hydrogens is 1500 g/mol. The molecule has 0 N–H and O–H groups in total. The predicted octanol–water partition coefficient (Wildman–Crippen LogP) is 22.5. The second-order valence-electron chi connectivity index (χ2n) is 35.0. The molecular formula is C116H91BN2OSi2. The molecule has 3 nitrogen and oxygen atoms in total. The summed E-state index contributed by atoms with van der Waals surface area (Å²) in [6.07, 6.45) is 0. The molecule has 0 saturated carbocycles. The summed E-state index contributed by atoms with van der Waals surface area (Å²) in [6, 6.07) is 168. The zero-order valence-corrected chi connectivity index (χ0v) is 71.5. The van der Waals surface area contributed by atoms with Gasteiger partial charge in [-0.25, -0.2) is 0 Å². The van der Waals surface area contributed by atoms with Crippen molar-refractivity contribution in [1.82, 2.24) is 4.57 Å². The van der Waals surface area contributed by atoms with E-state index in [1.165, 1.54) is 91.1 Å². The van der Waals surface area contributed by atoms with Crippen LogP contribution in [-0.2, 0) is 10.8 Å². The highest BCUT2D eigenvalue weighted by Crippen LogP contribution is 2.49. The van der Waals surface area contributed by atoms with Gasteiger partial charge in [0.1, 0.15) is 11.5 Å². The number of ether oxygens (including phenoxy) is 1. The quantitative estimate of drug-likeness (QED) is 0.0709. The standard InChI is InChI=1S/C116H91BN2OSi2/c1-115(2,3)91-59-69-108-103(77-91)104-78-92(116(4,5)6)60-70-109(104)118(108)93-61-67-106-112(79-93)120-113-76-90(84-55-64-99(65-56-84)122(96-47-27-13-28-48-96,97-49-29-14-30-50-97)101-52-32-42-87(72-101)81-35-17-8-18-36-81)75-111-114(113)117(106)105-66-57-89(74-110(105)119(111)107-68-58-88(82-37-19-9-20-38-82)73-102(107)85-39-21-10-22-40-85)83-53-62-98(63-54-83)121(94-43-23-11-24-44-94,95-45-25-12-26-46-95)100-51-31-41-86(71-100)80-33-15-7-16-34-80/h7-79H,1-6H3. The lowest BCUT2D eigenvalue weighted by atomic mass is 9.34. The van der Waals surface area contributed by atoms with Crippen LogP contribution in [0.15, 0.2) is 443 Å². The van der Waals surface area contributed by atoms with E-state index in [4.69, 9.17) is 4.74 Å². The highest BCUT2D eigenvalue weighted by Gasteiger charge is 2.46. The van der Waals surface area contributed by atoms with Gasteiger partial charge < -0.3 is 14.2 Å². The normalized spacial score (nSPS) is 12.5. The SMILES string of the molecule is CC(C)(C)c1ccc2c(c1)c1cc(C(C)(C)C)ccc1n2-c1ccc2c(c1)Oc1cc(-c3ccc([Si](c4ccccc4)(c4ccccc4)c4cccc(-c5ccccc5)c4)cc3)cc3c1B2c1ccc(-c2ccc([Si](c4ccccc4)(c4ccccc4)c4cccc(-c5ccccc5)c4)cc2)cc1N3c1ccc(-c2ccccc2)cc1-c1ccccc1. The van der Waals surface area contributed by atoms with E-state index in [1.54, 1.807) is 0 Å². The van der Waals surface area contributed by atoms with E-state index in [0.717, 1.165) is 101 Å². The third-order valence-corrected chi connectivity index (χ3v) is 35.4. The smallest absolute Gasteiger partial charge is 0.256 e. The molecule has 0 unspecified atom stereocenters. The van der Waals surface area contributed by atoms with Crippen molar-refractivity contribution in [3.8, 4) is 83.9 Å². The Morgan fingerprint density at radius 1 is 0.238 bits per heavy atom. The molecule has 2 aliphatic heterocycles. The average molecular weight is 1600 g/mol. The van der Waals surface area contributed by atoms with Gasteiger partial charge in [-0.3, -0.25) is 0 Å². The van der Waals surface area contributed by atoms with E-state index in [2.05, 4.69) is 494 Å². The number of aromatic nitrogens is 1. The average Bonchev–Trinajstić information content (AvgIpc) is 0.735. The van der Waals surface area contributed by atoms with Crippen LogP contribution in [0.4, 0.5) is 17.1 Å². The van der Waals surface area contributed by atoms with Crippen molar-refractivity contribution in [2.45, 2.75) is 52.4 Å². The molecule has 0 fully saturated rings. The van der Waals surface area contributed by atoms with Crippen molar-refractivity contribution in [2.75, 3.05) is 4.90 Å². The van der Waals surface area contributed by atoms with Crippen LogP contribution in [0, 0.1) is 0 Å². The fraction of sp³-hybridized carbons (Fsp3) is 0.0690. The van der Waals surface area contributed by atoms with Crippen LogP contribution in [0.1, 0.15) is 52.7 Å². The van der Waals surface area contributed by atoms with E-state index in [1.807, 2.05) is 0 Å². The summed E-state index contributed by atoms with van der Waals surface area (Å²) in [4.78, 5) is 2.60. The number of hydrogen-bond donors (Lipinski definition) is 0. The molecule has 18 aromatic carbocycles. The molecule has 0 spiro atoms. The van der Waals surface area contributed by atoms with Crippen LogP contribution in [-0.4, -0.2) is 27.4 Å². The fourth-order valence-corrected chi connectivity index (χ4v) is 29.3. The molecule has 1 aromatic heterocycles. The predicted molar refractivity (Wildman–Crippen MR) is 524 cm³/mol. The third-order valence-electron chi connectivity index (χ3n) is 25.9. The summed E-state index contributed by atoms with van der Waals surface area (Å²) in [5.74, 6) is 1.66. The molecule has 122 heavy (non-hydrogen) atoms. The van der Waals surface area contributed by atoms with Crippen LogP contribution in [0.3, 0.4) is 0 Å². The lowest BCUT2D eigenvalue weighted by Crippen LogP contribution is -2.74. The van der Waals surface area contributed by atoms with Gasteiger partial charge in [-0.15, -0.1) is 0 Å². The number of benzene rings is 18. The maximum absolute atomic E-state index is 7.89. The van der Waals surface area contributed by atoms with Gasteiger partial charge in [-0.1, -0.05) is 418 Å². The monoisotopic (exact) mass is 1590 g/mol. The van der Waals surface area contributed by atoms with Gasteiger partial charge in [0.05, 0.1) is 16.7 Å². The van der Waals surface area contributed by atoms with E-state index >= 15 is 0 Å². The molecule has 0 amide bonds. The Balaban J connectivity index is 0.799. The molecule has 0 bridgehead atoms. The van der Waals surface area contributed by atoms with Crippen molar-refractivity contribution < 1.29 is 4.74 Å². The highest BCUT2D eigenvalue weighted by molar-refractivity contribution is 7.20. The number of anilines is 3. The van der Waals surface area contributed by atoms with Crippen LogP contribution in [0.25, 0.3) is 94.3 Å².